The third-order valence-electron chi connectivity index (χ3n) is 5.25. The van der Waals surface area contributed by atoms with E-state index >= 15 is 0 Å². The highest BCUT2D eigenvalue weighted by Gasteiger charge is 2.44. The van der Waals surface area contributed by atoms with Gasteiger partial charge in [0, 0.05) is 0 Å². The summed E-state index contributed by atoms with van der Waals surface area (Å²) in [6.07, 6.45) is 3.75. The van der Waals surface area contributed by atoms with Gasteiger partial charge in [0.1, 0.15) is 23.2 Å². The highest BCUT2D eigenvalue weighted by Crippen LogP contribution is 2.56. The molecule has 3 aromatic rings. The molecule has 0 heterocycles. The molecule has 0 saturated heterocycles. The maximum absolute atomic E-state index is 2.38. The summed E-state index contributed by atoms with van der Waals surface area (Å²) in [7, 11) is -1.62. The molecule has 2 heteroatoms. The zero-order chi connectivity index (χ0) is 17.5. The molecule has 0 fully saturated rings. The van der Waals surface area contributed by atoms with Crippen molar-refractivity contribution in [1.82, 2.24) is 0 Å². The average Bonchev–Trinajstić information content (AvgIpc) is 2.71. The van der Waals surface area contributed by atoms with E-state index in [0.717, 1.165) is 5.92 Å². The minimum Gasteiger partial charge on any atom is -1.00 e. The molecule has 0 amide bonds. The molecule has 0 N–H and O–H groups in total. The van der Waals surface area contributed by atoms with Gasteiger partial charge in [-0.3, -0.25) is 0 Å². The van der Waals surface area contributed by atoms with Crippen LogP contribution in [0.4, 0.5) is 0 Å². The Hall–Kier alpha value is -1.18. The summed E-state index contributed by atoms with van der Waals surface area (Å²) in [4.78, 5) is 0. The summed E-state index contributed by atoms with van der Waals surface area (Å²) in [5.41, 5.74) is 0. The normalized spacial score (nSPS) is 12.2. The predicted octanol–water partition coefficient (Wildman–Crippen LogP) is 2.42. The fourth-order valence-corrected chi connectivity index (χ4v) is 8.04. The molecule has 0 nitrogen and oxygen atoms in total. The zero-order valence-electron chi connectivity index (χ0n) is 15.7. The standard InChI is InChI=1S/C24H28P.HI/c1-3-21(2)19-20-25(22-13-7-4-8-14-22,23-15-9-5-10-16-23)24-17-11-6-12-18-24;/h4-18,21H,3,19-20H2,1-2H3;1H/q+1;/p-1. The first kappa shape index (κ1) is 21.1. The molecular weight excluding hydrogens is 446 g/mol. The zero-order valence-corrected chi connectivity index (χ0v) is 18.7. The molecule has 0 aromatic heterocycles. The van der Waals surface area contributed by atoms with Crippen molar-refractivity contribution in [3.63, 3.8) is 0 Å². The van der Waals surface area contributed by atoms with Crippen molar-refractivity contribution in [3.05, 3.63) is 91.0 Å². The van der Waals surface area contributed by atoms with Gasteiger partial charge in [-0.1, -0.05) is 74.9 Å². The Morgan fingerprint density at radius 1 is 0.654 bits per heavy atom. The van der Waals surface area contributed by atoms with Crippen LogP contribution in [0.3, 0.4) is 0 Å². The molecule has 0 spiro atoms. The monoisotopic (exact) mass is 474 g/mol. The summed E-state index contributed by atoms with van der Waals surface area (Å²) in [6.45, 7) is 4.69. The molecule has 0 radical (unpaired) electrons. The van der Waals surface area contributed by atoms with Gasteiger partial charge in [-0.2, -0.15) is 0 Å². The molecule has 1 atom stereocenters. The number of halogens is 1. The molecule has 0 aliphatic carbocycles. The van der Waals surface area contributed by atoms with E-state index in [1.54, 1.807) is 0 Å². The Kier molecular flexibility index (Phi) is 8.31. The van der Waals surface area contributed by atoms with Gasteiger partial charge in [0.25, 0.3) is 0 Å². The van der Waals surface area contributed by atoms with Crippen molar-refractivity contribution < 1.29 is 24.0 Å². The van der Waals surface area contributed by atoms with Gasteiger partial charge >= 0.3 is 0 Å². The first-order valence-corrected chi connectivity index (χ1v) is 11.3. The lowest BCUT2D eigenvalue weighted by Crippen LogP contribution is -3.00. The van der Waals surface area contributed by atoms with Crippen LogP contribution in [-0.2, 0) is 0 Å². The van der Waals surface area contributed by atoms with E-state index in [9.17, 15) is 0 Å². The summed E-state index contributed by atoms with van der Waals surface area (Å²) in [5, 5.41) is 4.49. The maximum Gasteiger partial charge on any atom is 0.112 e. The van der Waals surface area contributed by atoms with Crippen LogP contribution in [0.5, 0.6) is 0 Å². The molecule has 136 valence electrons. The third kappa shape index (κ3) is 4.56. The molecule has 0 aliphatic heterocycles. The second-order valence-corrected chi connectivity index (χ2v) is 10.5. The van der Waals surface area contributed by atoms with E-state index in [1.807, 2.05) is 0 Å². The molecular formula is C24H28IP. The third-order valence-corrected chi connectivity index (χ3v) is 9.71. The molecule has 3 aromatic carbocycles. The van der Waals surface area contributed by atoms with E-state index in [-0.39, 0.29) is 24.0 Å². The van der Waals surface area contributed by atoms with Crippen molar-refractivity contribution in [1.29, 1.82) is 0 Å². The largest absolute Gasteiger partial charge is 1.00 e. The van der Waals surface area contributed by atoms with Gasteiger partial charge in [0.2, 0.25) is 0 Å². The van der Waals surface area contributed by atoms with Crippen LogP contribution in [0.2, 0.25) is 0 Å². The SMILES string of the molecule is CCC(C)CC[P+](c1ccccc1)(c1ccccc1)c1ccccc1.[I-]. The molecule has 0 saturated carbocycles. The average molecular weight is 474 g/mol. The fraction of sp³-hybridized carbons (Fsp3) is 0.250. The van der Waals surface area contributed by atoms with Gasteiger partial charge in [-0.05, 0) is 48.7 Å². The molecule has 26 heavy (non-hydrogen) atoms. The van der Waals surface area contributed by atoms with E-state index in [2.05, 4.69) is 105 Å². The highest BCUT2D eigenvalue weighted by atomic mass is 127. The van der Waals surface area contributed by atoms with Crippen molar-refractivity contribution in [3.8, 4) is 0 Å². The first-order valence-electron chi connectivity index (χ1n) is 9.32. The molecule has 1 unspecified atom stereocenters. The van der Waals surface area contributed by atoms with E-state index in [4.69, 9.17) is 0 Å². The minimum absolute atomic E-state index is 0. The van der Waals surface area contributed by atoms with Crippen LogP contribution in [0.1, 0.15) is 26.7 Å². The highest BCUT2D eigenvalue weighted by molar-refractivity contribution is 7.95. The smallest absolute Gasteiger partial charge is 0.112 e. The van der Waals surface area contributed by atoms with Crippen LogP contribution in [-0.4, -0.2) is 6.16 Å². The topological polar surface area (TPSA) is 0 Å². The van der Waals surface area contributed by atoms with Crippen LogP contribution in [0, 0.1) is 5.92 Å². The van der Waals surface area contributed by atoms with Gasteiger partial charge < -0.3 is 24.0 Å². The Balaban J connectivity index is 0.00000243. The van der Waals surface area contributed by atoms with E-state index in [1.165, 1.54) is 34.9 Å². The summed E-state index contributed by atoms with van der Waals surface area (Å²) < 4.78 is 0. The lowest BCUT2D eigenvalue weighted by atomic mass is 10.1. The van der Waals surface area contributed by atoms with Gasteiger partial charge in [-0.25, -0.2) is 0 Å². The predicted molar refractivity (Wildman–Crippen MR) is 114 cm³/mol. The van der Waals surface area contributed by atoms with Gasteiger partial charge in [0.15, 0.2) is 0 Å². The number of rotatable bonds is 7. The van der Waals surface area contributed by atoms with Crippen molar-refractivity contribution in [2.24, 2.45) is 5.92 Å². The summed E-state index contributed by atoms with van der Waals surface area (Å²) in [5.74, 6) is 0.760. The minimum atomic E-state index is -1.62. The van der Waals surface area contributed by atoms with Crippen LogP contribution in [0.25, 0.3) is 0 Å². The van der Waals surface area contributed by atoms with Crippen molar-refractivity contribution >= 4 is 23.2 Å². The summed E-state index contributed by atoms with van der Waals surface area (Å²) >= 11 is 0. The maximum atomic E-state index is 2.38. The van der Waals surface area contributed by atoms with Crippen molar-refractivity contribution in [2.75, 3.05) is 6.16 Å². The van der Waals surface area contributed by atoms with Gasteiger partial charge in [-0.15, -0.1) is 0 Å². The quantitative estimate of drug-likeness (QED) is 0.365. The molecule has 0 aliphatic rings. The number of benzene rings is 3. The van der Waals surface area contributed by atoms with E-state index in [0.29, 0.717) is 0 Å². The number of hydrogen-bond donors (Lipinski definition) is 0. The molecule has 3 rings (SSSR count). The lowest BCUT2D eigenvalue weighted by Gasteiger charge is -2.28. The fourth-order valence-electron chi connectivity index (χ4n) is 3.50. The summed E-state index contributed by atoms with van der Waals surface area (Å²) in [6, 6.07) is 33.6. The van der Waals surface area contributed by atoms with Crippen LogP contribution in [0.15, 0.2) is 91.0 Å². The Morgan fingerprint density at radius 2 is 1.00 bits per heavy atom. The Bertz CT molecular complexity index is 659. The van der Waals surface area contributed by atoms with Crippen molar-refractivity contribution in [2.45, 2.75) is 26.7 Å². The lowest BCUT2D eigenvalue weighted by molar-refractivity contribution is -0.00000506. The van der Waals surface area contributed by atoms with Crippen LogP contribution < -0.4 is 39.9 Å². The first-order chi connectivity index (χ1) is 12.3. The second kappa shape index (κ2) is 10.2. The molecule has 0 bridgehead atoms. The van der Waals surface area contributed by atoms with Gasteiger partial charge in [0.05, 0.1) is 6.16 Å². The van der Waals surface area contributed by atoms with Crippen LogP contribution >= 0.6 is 7.26 Å². The Morgan fingerprint density at radius 3 is 1.31 bits per heavy atom. The number of hydrogen-bond acceptors (Lipinski definition) is 0. The Labute approximate surface area is 176 Å². The van der Waals surface area contributed by atoms with E-state index < -0.39 is 7.26 Å². The second-order valence-electron chi connectivity index (χ2n) is 6.84.